The second-order valence-electron chi connectivity index (χ2n) is 8.94. The maximum absolute atomic E-state index is 13.1. The van der Waals surface area contributed by atoms with E-state index in [-0.39, 0.29) is 24.4 Å². The van der Waals surface area contributed by atoms with Crippen molar-refractivity contribution in [2.24, 2.45) is 7.05 Å². The molecule has 1 fully saturated rings. The van der Waals surface area contributed by atoms with Crippen molar-refractivity contribution in [3.05, 3.63) is 47.1 Å². The fourth-order valence-corrected chi connectivity index (χ4v) is 4.78. The van der Waals surface area contributed by atoms with Crippen LogP contribution in [0.5, 0.6) is 5.75 Å². The Morgan fingerprint density at radius 2 is 2.00 bits per heavy atom. The number of nitrogens with zero attached hydrogens (tertiary/aromatic N) is 5. The summed E-state index contributed by atoms with van der Waals surface area (Å²) < 4.78 is 13.1. The molecular formula is C24H28N6O4. The molecule has 10 heteroatoms. The van der Waals surface area contributed by atoms with E-state index in [2.05, 4.69) is 20.5 Å². The number of carbonyl (C=O) groups is 2. The third-order valence-electron chi connectivity index (χ3n) is 6.47. The Hall–Kier alpha value is -3.66. The van der Waals surface area contributed by atoms with Crippen LogP contribution in [0.1, 0.15) is 27.6 Å². The average molecular weight is 465 g/mol. The van der Waals surface area contributed by atoms with Gasteiger partial charge in [0.15, 0.2) is 0 Å². The number of ether oxygens (including phenoxy) is 1. The number of anilines is 1. The Morgan fingerprint density at radius 3 is 2.71 bits per heavy atom. The average Bonchev–Trinajstić information content (AvgIpc) is 3.33. The van der Waals surface area contributed by atoms with Gasteiger partial charge in [0.05, 0.1) is 29.7 Å². The highest BCUT2D eigenvalue weighted by Crippen LogP contribution is 2.34. The minimum absolute atomic E-state index is 0.0587. The number of aryl methyl sites for hydroxylation is 4. The molecule has 2 aromatic heterocycles. The van der Waals surface area contributed by atoms with E-state index in [1.54, 1.807) is 17.8 Å². The van der Waals surface area contributed by atoms with E-state index in [4.69, 9.17) is 9.26 Å². The summed E-state index contributed by atoms with van der Waals surface area (Å²) >= 11 is 0. The summed E-state index contributed by atoms with van der Waals surface area (Å²) in [4.78, 5) is 29.9. The van der Waals surface area contributed by atoms with Crippen molar-refractivity contribution < 1.29 is 18.8 Å². The monoisotopic (exact) mass is 464 g/mol. The standard InChI is InChI=1S/C24H28N6O4/c1-14-9-20(28(4)26-14)24(32)30-8-7-29-12-22(31)25-19-10-17(23-15(2)27-34-16(23)3)5-6-21(19)33-13-18(29)11-30/h5-6,9-10,18H,7-8,11-13H2,1-4H3,(H,25,31)/t18-/m1/s1. The fraction of sp³-hybridized carbons (Fsp3) is 0.417. The van der Waals surface area contributed by atoms with Crippen LogP contribution in [0.25, 0.3) is 11.1 Å². The highest BCUT2D eigenvalue weighted by atomic mass is 16.5. The minimum Gasteiger partial charge on any atom is -0.490 e. The molecule has 1 atom stereocenters. The number of hydrogen-bond acceptors (Lipinski definition) is 7. The molecule has 0 unspecified atom stereocenters. The molecule has 0 spiro atoms. The molecule has 10 nitrogen and oxygen atoms in total. The smallest absolute Gasteiger partial charge is 0.272 e. The molecule has 3 aromatic rings. The predicted octanol–water partition coefficient (Wildman–Crippen LogP) is 2.16. The summed E-state index contributed by atoms with van der Waals surface area (Å²) in [5.74, 6) is 1.14. The van der Waals surface area contributed by atoms with Gasteiger partial charge in [-0.05, 0) is 44.5 Å². The molecule has 0 saturated carbocycles. The molecule has 1 saturated heterocycles. The van der Waals surface area contributed by atoms with Gasteiger partial charge >= 0.3 is 0 Å². The maximum atomic E-state index is 13.1. The summed E-state index contributed by atoms with van der Waals surface area (Å²) in [6, 6.07) is 7.39. The fourth-order valence-electron chi connectivity index (χ4n) is 4.78. The van der Waals surface area contributed by atoms with Crippen LogP contribution in [0.2, 0.25) is 0 Å². The first-order chi connectivity index (χ1) is 16.3. The van der Waals surface area contributed by atoms with Gasteiger partial charge in [-0.1, -0.05) is 11.2 Å². The van der Waals surface area contributed by atoms with Gasteiger partial charge in [-0.3, -0.25) is 19.2 Å². The van der Waals surface area contributed by atoms with Crippen molar-refractivity contribution in [1.29, 1.82) is 0 Å². The molecule has 1 aromatic carbocycles. The van der Waals surface area contributed by atoms with E-state index in [1.165, 1.54) is 0 Å². The molecule has 34 heavy (non-hydrogen) atoms. The van der Waals surface area contributed by atoms with E-state index in [1.807, 2.05) is 43.9 Å². The Balaban J connectivity index is 1.37. The topological polar surface area (TPSA) is 106 Å². The van der Waals surface area contributed by atoms with Crippen LogP contribution in [-0.2, 0) is 11.8 Å². The van der Waals surface area contributed by atoms with Gasteiger partial charge in [0.2, 0.25) is 5.91 Å². The zero-order valence-electron chi connectivity index (χ0n) is 19.8. The van der Waals surface area contributed by atoms with E-state index < -0.39 is 0 Å². The lowest BCUT2D eigenvalue weighted by Gasteiger charge is -2.40. The first kappa shape index (κ1) is 22.1. The van der Waals surface area contributed by atoms with E-state index in [0.717, 1.165) is 28.3 Å². The molecule has 2 aliphatic heterocycles. The molecule has 2 amide bonds. The number of nitrogens with one attached hydrogen (secondary N) is 1. The maximum Gasteiger partial charge on any atom is 0.272 e. The normalized spacial score (nSPS) is 18.8. The first-order valence-corrected chi connectivity index (χ1v) is 11.3. The number of carbonyl (C=O) groups excluding carboxylic acids is 2. The van der Waals surface area contributed by atoms with Crippen LogP contribution >= 0.6 is 0 Å². The van der Waals surface area contributed by atoms with Gasteiger partial charge in [0, 0.05) is 32.2 Å². The van der Waals surface area contributed by atoms with Gasteiger partial charge in [-0.15, -0.1) is 0 Å². The molecule has 5 rings (SSSR count). The molecule has 0 radical (unpaired) electrons. The number of piperazine rings is 1. The highest BCUT2D eigenvalue weighted by molar-refractivity contribution is 5.95. The van der Waals surface area contributed by atoms with Crippen molar-refractivity contribution in [3.63, 3.8) is 0 Å². The second kappa shape index (κ2) is 8.60. The number of amides is 2. The van der Waals surface area contributed by atoms with Crippen molar-refractivity contribution in [2.75, 3.05) is 38.1 Å². The van der Waals surface area contributed by atoms with Crippen LogP contribution in [-0.4, -0.2) is 75.4 Å². The Morgan fingerprint density at radius 1 is 1.18 bits per heavy atom. The van der Waals surface area contributed by atoms with Gasteiger partial charge in [0.1, 0.15) is 23.8 Å². The Bertz CT molecular complexity index is 1240. The Labute approximate surface area is 197 Å². The summed E-state index contributed by atoms with van der Waals surface area (Å²) in [6.45, 7) is 7.82. The van der Waals surface area contributed by atoms with Gasteiger partial charge < -0.3 is 19.5 Å². The number of rotatable bonds is 2. The quantitative estimate of drug-likeness (QED) is 0.620. The molecule has 0 bridgehead atoms. The lowest BCUT2D eigenvalue weighted by Crippen LogP contribution is -2.58. The van der Waals surface area contributed by atoms with Crippen LogP contribution in [0.3, 0.4) is 0 Å². The second-order valence-corrected chi connectivity index (χ2v) is 8.94. The van der Waals surface area contributed by atoms with Gasteiger partial charge in [-0.25, -0.2) is 0 Å². The summed E-state index contributed by atoms with van der Waals surface area (Å²) in [5.41, 5.74) is 4.58. The van der Waals surface area contributed by atoms with E-state index >= 15 is 0 Å². The Kier molecular flexibility index (Phi) is 5.60. The number of hydrogen-bond donors (Lipinski definition) is 1. The summed E-state index contributed by atoms with van der Waals surface area (Å²) in [6.07, 6.45) is 0. The molecule has 1 N–H and O–H groups in total. The van der Waals surface area contributed by atoms with Crippen LogP contribution < -0.4 is 10.1 Å². The number of fused-ring (bicyclic) bond motifs is 2. The van der Waals surface area contributed by atoms with E-state index in [9.17, 15) is 9.59 Å². The predicted molar refractivity (Wildman–Crippen MR) is 125 cm³/mol. The molecule has 0 aliphatic carbocycles. The summed E-state index contributed by atoms with van der Waals surface area (Å²) in [7, 11) is 1.78. The van der Waals surface area contributed by atoms with Crippen molar-refractivity contribution in [3.8, 4) is 16.9 Å². The van der Waals surface area contributed by atoms with Crippen molar-refractivity contribution in [1.82, 2.24) is 24.7 Å². The van der Waals surface area contributed by atoms with Crippen molar-refractivity contribution >= 4 is 17.5 Å². The molecular weight excluding hydrogens is 436 g/mol. The molecule has 2 aliphatic rings. The zero-order chi connectivity index (χ0) is 24.0. The van der Waals surface area contributed by atoms with E-state index in [0.29, 0.717) is 43.4 Å². The lowest BCUT2D eigenvalue weighted by atomic mass is 10.0. The van der Waals surface area contributed by atoms with Gasteiger partial charge in [0.25, 0.3) is 5.91 Å². The third-order valence-corrected chi connectivity index (χ3v) is 6.47. The van der Waals surface area contributed by atoms with Crippen LogP contribution in [0, 0.1) is 20.8 Å². The van der Waals surface area contributed by atoms with Crippen molar-refractivity contribution in [2.45, 2.75) is 26.8 Å². The van der Waals surface area contributed by atoms with Crippen LogP contribution in [0.4, 0.5) is 5.69 Å². The molecule has 178 valence electrons. The zero-order valence-corrected chi connectivity index (χ0v) is 19.8. The minimum atomic E-state index is -0.116. The SMILES string of the molecule is Cc1cc(C(=O)N2CCN3CC(=O)Nc4cc(-c5c(C)noc5C)ccc4OC[C@H]3C2)n(C)n1. The first-order valence-electron chi connectivity index (χ1n) is 11.3. The lowest BCUT2D eigenvalue weighted by molar-refractivity contribution is -0.118. The number of aromatic nitrogens is 3. The third kappa shape index (κ3) is 4.05. The molecule has 4 heterocycles. The number of benzene rings is 1. The largest absolute Gasteiger partial charge is 0.490 e. The van der Waals surface area contributed by atoms with Gasteiger partial charge in [-0.2, -0.15) is 5.10 Å². The van der Waals surface area contributed by atoms with Crippen LogP contribution in [0.15, 0.2) is 28.8 Å². The highest BCUT2D eigenvalue weighted by Gasteiger charge is 2.33. The summed E-state index contributed by atoms with van der Waals surface area (Å²) in [5, 5.41) is 11.3.